The number of hydrogen-bond acceptors (Lipinski definition) is 6. The molecule has 0 aromatic carbocycles. The van der Waals surface area contributed by atoms with Gasteiger partial charge in [-0.15, -0.1) is 0 Å². The van der Waals surface area contributed by atoms with Crippen LogP contribution < -0.4 is 5.56 Å². The lowest BCUT2D eigenvalue weighted by molar-refractivity contribution is -0.139. The van der Waals surface area contributed by atoms with E-state index in [0.29, 0.717) is 0 Å². The number of carbonyl (C=O) groups is 1. The number of aromatic nitrogens is 4. The average molecular weight is 224 g/mol. The molecule has 0 fully saturated rings. The molecule has 0 saturated heterocycles. The van der Waals surface area contributed by atoms with Crippen molar-refractivity contribution in [3.8, 4) is 0 Å². The zero-order valence-corrected chi connectivity index (χ0v) is 8.30. The molecule has 1 unspecified atom stereocenters. The molecule has 0 aliphatic carbocycles. The summed E-state index contributed by atoms with van der Waals surface area (Å²) in [5, 5.41) is 15.8. The molecule has 2 aromatic rings. The largest absolute Gasteiger partial charge is 0.481 e. The van der Waals surface area contributed by atoms with Crippen LogP contribution >= 0.6 is 0 Å². The minimum absolute atomic E-state index is 0.0850. The Balaban J connectivity index is 2.62. The molecule has 84 valence electrons. The number of nitrogens with one attached hydrogen (secondary N) is 1. The third kappa shape index (κ3) is 1.53. The predicted molar refractivity (Wildman–Crippen MR) is 50.9 cm³/mol. The Kier molecular flexibility index (Phi) is 2.39. The molecule has 8 nitrogen and oxygen atoms in total. The number of rotatable bonds is 3. The van der Waals surface area contributed by atoms with E-state index in [0.717, 1.165) is 0 Å². The van der Waals surface area contributed by atoms with Crippen LogP contribution in [0.1, 0.15) is 25.0 Å². The van der Waals surface area contributed by atoms with Crippen LogP contribution in [-0.2, 0) is 4.79 Å². The number of aromatic amines is 1. The molecule has 16 heavy (non-hydrogen) atoms. The van der Waals surface area contributed by atoms with E-state index >= 15 is 0 Å². The van der Waals surface area contributed by atoms with Gasteiger partial charge in [-0.05, 0) is 16.7 Å². The Morgan fingerprint density at radius 3 is 2.94 bits per heavy atom. The molecule has 2 aromatic heterocycles. The van der Waals surface area contributed by atoms with E-state index in [1.165, 1.54) is 0 Å². The number of nitrogens with zero attached hydrogens (tertiary/aromatic N) is 3. The average Bonchev–Trinajstić information content (AvgIpc) is 2.65. The lowest BCUT2D eigenvalue weighted by Gasteiger charge is -2.06. The van der Waals surface area contributed by atoms with Gasteiger partial charge in [-0.3, -0.25) is 14.6 Å². The molecular formula is C8H8N4O4. The van der Waals surface area contributed by atoms with E-state index < -0.39 is 17.4 Å². The summed E-state index contributed by atoms with van der Waals surface area (Å²) in [4.78, 5) is 28.6. The third-order valence-electron chi connectivity index (χ3n) is 2.20. The van der Waals surface area contributed by atoms with Gasteiger partial charge in [0, 0.05) is 0 Å². The van der Waals surface area contributed by atoms with Crippen molar-refractivity contribution < 1.29 is 14.5 Å². The lowest BCUT2D eigenvalue weighted by Crippen LogP contribution is -2.23. The zero-order valence-electron chi connectivity index (χ0n) is 8.30. The quantitative estimate of drug-likeness (QED) is 0.745. The topological polar surface area (TPSA) is 122 Å². The highest BCUT2D eigenvalue weighted by Crippen LogP contribution is 2.15. The van der Waals surface area contributed by atoms with E-state index in [4.69, 9.17) is 5.11 Å². The number of carboxylic acids is 1. The molecular weight excluding hydrogens is 216 g/mol. The fourth-order valence-electron chi connectivity index (χ4n) is 1.39. The van der Waals surface area contributed by atoms with Crippen molar-refractivity contribution in [1.82, 2.24) is 20.3 Å². The smallest absolute Gasteiger partial charge is 0.312 e. The van der Waals surface area contributed by atoms with Crippen molar-refractivity contribution >= 4 is 17.3 Å². The Hall–Kier alpha value is -2.25. The van der Waals surface area contributed by atoms with Crippen molar-refractivity contribution in [3.63, 3.8) is 0 Å². The number of H-pyrrole nitrogens is 1. The van der Waals surface area contributed by atoms with Crippen molar-refractivity contribution in [3.05, 3.63) is 16.0 Å². The molecule has 0 aliphatic rings. The first kappa shape index (κ1) is 10.3. The Morgan fingerprint density at radius 2 is 2.31 bits per heavy atom. The summed E-state index contributed by atoms with van der Waals surface area (Å²) in [6.07, 6.45) is 0.266. The first-order valence-corrected chi connectivity index (χ1v) is 4.58. The summed E-state index contributed by atoms with van der Waals surface area (Å²) in [7, 11) is 0. The minimum atomic E-state index is -1.10. The van der Waals surface area contributed by atoms with Crippen LogP contribution in [0, 0.1) is 0 Å². The second-order valence-electron chi connectivity index (χ2n) is 3.19. The van der Waals surface area contributed by atoms with E-state index in [1.54, 1.807) is 6.92 Å². The fourth-order valence-corrected chi connectivity index (χ4v) is 1.39. The maximum absolute atomic E-state index is 11.5. The number of fused-ring (bicyclic) bond motifs is 1. The normalized spacial score (nSPS) is 12.8. The van der Waals surface area contributed by atoms with Crippen molar-refractivity contribution in [2.24, 2.45) is 0 Å². The van der Waals surface area contributed by atoms with Crippen molar-refractivity contribution in [2.45, 2.75) is 19.3 Å². The molecule has 0 amide bonds. The molecule has 2 rings (SSSR count). The van der Waals surface area contributed by atoms with Crippen LogP contribution in [0.5, 0.6) is 0 Å². The molecule has 8 heteroatoms. The Labute approximate surface area is 88.3 Å². The van der Waals surface area contributed by atoms with E-state index in [2.05, 4.69) is 24.9 Å². The zero-order chi connectivity index (χ0) is 11.7. The molecule has 0 aliphatic heterocycles. The highest BCUT2D eigenvalue weighted by Gasteiger charge is 2.23. The molecule has 0 radical (unpaired) electrons. The van der Waals surface area contributed by atoms with Gasteiger partial charge in [0.1, 0.15) is 11.6 Å². The van der Waals surface area contributed by atoms with E-state index in [-0.39, 0.29) is 23.4 Å². The van der Waals surface area contributed by atoms with Crippen LogP contribution in [-0.4, -0.2) is 31.4 Å². The Morgan fingerprint density at radius 1 is 1.56 bits per heavy atom. The number of aliphatic carboxylic acids is 1. The first-order valence-electron chi connectivity index (χ1n) is 4.58. The number of carboxylic acid groups (broad SMARTS) is 1. The molecule has 2 heterocycles. The minimum Gasteiger partial charge on any atom is -0.481 e. The van der Waals surface area contributed by atoms with E-state index in [1.807, 2.05) is 0 Å². The summed E-state index contributed by atoms with van der Waals surface area (Å²) in [6, 6.07) is 0. The highest BCUT2D eigenvalue weighted by molar-refractivity contribution is 5.76. The summed E-state index contributed by atoms with van der Waals surface area (Å²) in [5.74, 6) is -2.05. The van der Waals surface area contributed by atoms with Crippen LogP contribution in [0.15, 0.2) is 9.42 Å². The highest BCUT2D eigenvalue weighted by atomic mass is 16.6. The van der Waals surface area contributed by atoms with Crippen LogP contribution in [0.2, 0.25) is 0 Å². The lowest BCUT2D eigenvalue weighted by atomic mass is 10.0. The summed E-state index contributed by atoms with van der Waals surface area (Å²) >= 11 is 0. The molecule has 0 spiro atoms. The first-order chi connectivity index (χ1) is 7.63. The predicted octanol–water partition coefficient (Wildman–Crippen LogP) is -0.116. The SMILES string of the molecule is CCC(C(=O)O)c1nc2nonc2[nH]c1=O. The van der Waals surface area contributed by atoms with Gasteiger partial charge in [-0.25, -0.2) is 9.61 Å². The maximum atomic E-state index is 11.5. The molecule has 2 N–H and O–H groups in total. The van der Waals surface area contributed by atoms with Crippen LogP contribution in [0.4, 0.5) is 0 Å². The van der Waals surface area contributed by atoms with Gasteiger partial charge < -0.3 is 5.11 Å². The van der Waals surface area contributed by atoms with Gasteiger partial charge in [0.05, 0.1) is 0 Å². The van der Waals surface area contributed by atoms with Crippen molar-refractivity contribution in [2.75, 3.05) is 0 Å². The Bertz CT molecular complexity index is 587. The summed E-state index contributed by atoms with van der Waals surface area (Å²) < 4.78 is 4.37. The van der Waals surface area contributed by atoms with Gasteiger partial charge >= 0.3 is 5.97 Å². The van der Waals surface area contributed by atoms with Crippen LogP contribution in [0.25, 0.3) is 11.3 Å². The molecule has 0 saturated carbocycles. The maximum Gasteiger partial charge on any atom is 0.312 e. The van der Waals surface area contributed by atoms with Gasteiger partial charge in [-0.2, -0.15) is 0 Å². The second-order valence-corrected chi connectivity index (χ2v) is 3.19. The van der Waals surface area contributed by atoms with Gasteiger partial charge in [-0.1, -0.05) is 6.92 Å². The van der Waals surface area contributed by atoms with Crippen LogP contribution in [0.3, 0.4) is 0 Å². The molecule has 1 atom stereocenters. The fraction of sp³-hybridized carbons (Fsp3) is 0.375. The third-order valence-corrected chi connectivity index (χ3v) is 2.20. The van der Waals surface area contributed by atoms with Gasteiger partial charge in [0.2, 0.25) is 11.3 Å². The molecule has 0 bridgehead atoms. The second kappa shape index (κ2) is 3.72. The number of hydrogen-bond donors (Lipinski definition) is 2. The summed E-state index contributed by atoms with van der Waals surface area (Å²) in [6.45, 7) is 1.66. The van der Waals surface area contributed by atoms with Gasteiger partial charge in [0.15, 0.2) is 0 Å². The van der Waals surface area contributed by atoms with Crippen molar-refractivity contribution in [1.29, 1.82) is 0 Å². The van der Waals surface area contributed by atoms with Gasteiger partial charge in [0.25, 0.3) is 5.56 Å². The summed E-state index contributed by atoms with van der Waals surface area (Å²) in [5.41, 5.74) is -0.473. The van der Waals surface area contributed by atoms with E-state index in [9.17, 15) is 9.59 Å². The standard InChI is InChI=1S/C8H8N4O4/c1-2-3(8(14)15)4-7(13)10-6-5(9-4)11-16-12-6/h3H,2H2,1H3,(H,14,15)(H,10,12,13). The monoisotopic (exact) mass is 224 g/mol.